The molecule has 0 radical (unpaired) electrons. The van der Waals surface area contributed by atoms with E-state index in [-0.39, 0.29) is 11.9 Å². The number of carbonyl (C=O) groups excluding carboxylic acids is 1. The highest BCUT2D eigenvalue weighted by atomic mass is 16.5. The van der Waals surface area contributed by atoms with Crippen molar-refractivity contribution in [3.63, 3.8) is 0 Å². The highest BCUT2D eigenvalue weighted by Crippen LogP contribution is 2.17. The summed E-state index contributed by atoms with van der Waals surface area (Å²) < 4.78 is 5.12. The minimum Gasteiger partial charge on any atom is -0.497 e. The number of hydrogen-bond donors (Lipinski definition) is 2. The van der Waals surface area contributed by atoms with Crippen molar-refractivity contribution < 1.29 is 9.53 Å². The summed E-state index contributed by atoms with van der Waals surface area (Å²) in [6, 6.07) is 7.77. The lowest BCUT2D eigenvalue weighted by Gasteiger charge is -2.16. The van der Waals surface area contributed by atoms with Gasteiger partial charge in [0.1, 0.15) is 5.75 Å². The number of ether oxygens (including phenoxy) is 1. The quantitative estimate of drug-likeness (QED) is 0.768. The lowest BCUT2D eigenvalue weighted by atomic mass is 10.0. The third-order valence-electron chi connectivity index (χ3n) is 3.52. The molecular weight excluding hydrogens is 252 g/mol. The van der Waals surface area contributed by atoms with Crippen molar-refractivity contribution in [3.8, 4) is 5.75 Å². The standard InChI is InChI=1S/C16H26N2O2/c1-12(10-11-17)4-9-16(19)18-13(2)14-5-7-15(20-3)8-6-14/h5-8,12-13H,4,9-11,17H2,1-3H3,(H,18,19)/t12?,13-/m0/s1. The van der Waals surface area contributed by atoms with Crippen LogP contribution in [0, 0.1) is 5.92 Å². The fraction of sp³-hybridized carbons (Fsp3) is 0.562. The van der Waals surface area contributed by atoms with Crippen molar-refractivity contribution in [2.45, 2.75) is 39.2 Å². The Labute approximate surface area is 121 Å². The Balaban J connectivity index is 2.40. The first-order chi connectivity index (χ1) is 9.56. The molecule has 0 spiro atoms. The number of methoxy groups -OCH3 is 1. The molecule has 4 heteroatoms. The first-order valence-electron chi connectivity index (χ1n) is 7.20. The van der Waals surface area contributed by atoms with Crippen LogP contribution in [0.3, 0.4) is 0 Å². The molecule has 0 bridgehead atoms. The van der Waals surface area contributed by atoms with Crippen LogP contribution in [-0.4, -0.2) is 19.6 Å². The van der Waals surface area contributed by atoms with Gasteiger partial charge in [0.05, 0.1) is 13.2 Å². The van der Waals surface area contributed by atoms with E-state index in [4.69, 9.17) is 10.5 Å². The zero-order valence-corrected chi connectivity index (χ0v) is 12.7. The van der Waals surface area contributed by atoms with E-state index in [0.717, 1.165) is 24.2 Å². The minimum absolute atomic E-state index is 0.0122. The fourth-order valence-electron chi connectivity index (χ4n) is 2.10. The monoisotopic (exact) mass is 278 g/mol. The molecule has 1 aromatic carbocycles. The Morgan fingerprint density at radius 1 is 1.25 bits per heavy atom. The Bertz CT molecular complexity index is 403. The molecule has 2 atom stereocenters. The molecule has 0 heterocycles. The normalized spacial score (nSPS) is 13.6. The molecule has 20 heavy (non-hydrogen) atoms. The van der Waals surface area contributed by atoms with Gasteiger partial charge in [-0.1, -0.05) is 19.1 Å². The maximum atomic E-state index is 11.9. The molecular formula is C16H26N2O2. The van der Waals surface area contributed by atoms with Gasteiger partial charge in [-0.15, -0.1) is 0 Å². The van der Waals surface area contributed by atoms with Gasteiger partial charge < -0.3 is 15.8 Å². The lowest BCUT2D eigenvalue weighted by Crippen LogP contribution is -2.26. The van der Waals surface area contributed by atoms with E-state index in [1.165, 1.54) is 0 Å². The van der Waals surface area contributed by atoms with Gasteiger partial charge in [0.15, 0.2) is 0 Å². The zero-order chi connectivity index (χ0) is 15.0. The number of nitrogens with one attached hydrogen (secondary N) is 1. The zero-order valence-electron chi connectivity index (χ0n) is 12.7. The van der Waals surface area contributed by atoms with Gasteiger partial charge in [-0.2, -0.15) is 0 Å². The smallest absolute Gasteiger partial charge is 0.220 e. The van der Waals surface area contributed by atoms with E-state index in [2.05, 4.69) is 12.2 Å². The molecule has 1 unspecified atom stereocenters. The summed E-state index contributed by atoms with van der Waals surface area (Å²) in [5.41, 5.74) is 6.58. The Morgan fingerprint density at radius 2 is 1.90 bits per heavy atom. The largest absolute Gasteiger partial charge is 0.497 e. The van der Waals surface area contributed by atoms with E-state index in [1.54, 1.807) is 7.11 Å². The van der Waals surface area contributed by atoms with Crippen LogP contribution in [0.25, 0.3) is 0 Å². The summed E-state index contributed by atoms with van der Waals surface area (Å²) in [6.45, 7) is 4.81. The van der Waals surface area contributed by atoms with Crippen LogP contribution in [0.4, 0.5) is 0 Å². The molecule has 3 N–H and O–H groups in total. The molecule has 0 fully saturated rings. The molecule has 1 aromatic rings. The van der Waals surface area contributed by atoms with Crippen LogP contribution < -0.4 is 15.8 Å². The molecule has 4 nitrogen and oxygen atoms in total. The topological polar surface area (TPSA) is 64.3 Å². The molecule has 0 aromatic heterocycles. The number of hydrogen-bond acceptors (Lipinski definition) is 3. The van der Waals surface area contributed by atoms with Crippen LogP contribution in [0.15, 0.2) is 24.3 Å². The van der Waals surface area contributed by atoms with E-state index in [9.17, 15) is 4.79 Å². The molecule has 0 aliphatic heterocycles. The number of nitrogens with two attached hydrogens (primary N) is 1. The number of rotatable bonds is 8. The maximum absolute atomic E-state index is 11.9. The minimum atomic E-state index is 0.0122. The van der Waals surface area contributed by atoms with Gasteiger partial charge in [-0.05, 0) is 49.9 Å². The summed E-state index contributed by atoms with van der Waals surface area (Å²) in [7, 11) is 1.64. The third-order valence-corrected chi connectivity index (χ3v) is 3.52. The van der Waals surface area contributed by atoms with Crippen molar-refractivity contribution in [3.05, 3.63) is 29.8 Å². The highest BCUT2D eigenvalue weighted by molar-refractivity contribution is 5.76. The SMILES string of the molecule is COc1ccc([C@H](C)NC(=O)CCC(C)CCN)cc1. The number of carbonyl (C=O) groups is 1. The van der Waals surface area contributed by atoms with E-state index in [0.29, 0.717) is 18.9 Å². The number of benzene rings is 1. The molecule has 112 valence electrons. The number of amides is 1. The second-order valence-electron chi connectivity index (χ2n) is 5.28. The summed E-state index contributed by atoms with van der Waals surface area (Å²) in [5, 5.41) is 3.02. The van der Waals surface area contributed by atoms with Gasteiger partial charge in [0, 0.05) is 6.42 Å². The van der Waals surface area contributed by atoms with Gasteiger partial charge in [-0.25, -0.2) is 0 Å². The van der Waals surface area contributed by atoms with E-state index >= 15 is 0 Å². The van der Waals surface area contributed by atoms with Gasteiger partial charge >= 0.3 is 0 Å². The van der Waals surface area contributed by atoms with Crippen LogP contribution in [0.1, 0.15) is 44.7 Å². The van der Waals surface area contributed by atoms with Crippen molar-refractivity contribution in [2.24, 2.45) is 11.7 Å². The molecule has 0 saturated carbocycles. The summed E-state index contributed by atoms with van der Waals surface area (Å²) in [6.07, 6.45) is 2.42. The Morgan fingerprint density at radius 3 is 2.45 bits per heavy atom. The van der Waals surface area contributed by atoms with Crippen molar-refractivity contribution in [1.82, 2.24) is 5.32 Å². The molecule has 0 aliphatic carbocycles. The van der Waals surface area contributed by atoms with Gasteiger partial charge in [0.2, 0.25) is 5.91 Å². The highest BCUT2D eigenvalue weighted by Gasteiger charge is 2.11. The molecule has 1 amide bonds. The van der Waals surface area contributed by atoms with Crippen LogP contribution in [0.5, 0.6) is 5.75 Å². The summed E-state index contributed by atoms with van der Waals surface area (Å²) in [4.78, 5) is 11.9. The predicted molar refractivity (Wildman–Crippen MR) is 81.6 cm³/mol. The predicted octanol–water partition coefficient (Wildman–Crippen LogP) is 2.64. The van der Waals surface area contributed by atoms with Gasteiger partial charge in [0.25, 0.3) is 0 Å². The lowest BCUT2D eigenvalue weighted by molar-refractivity contribution is -0.122. The first kappa shape index (κ1) is 16.5. The second-order valence-corrected chi connectivity index (χ2v) is 5.28. The third kappa shape index (κ3) is 5.61. The van der Waals surface area contributed by atoms with E-state index < -0.39 is 0 Å². The van der Waals surface area contributed by atoms with E-state index in [1.807, 2.05) is 31.2 Å². The summed E-state index contributed by atoms with van der Waals surface area (Å²) in [5.74, 6) is 1.42. The van der Waals surface area contributed by atoms with Gasteiger partial charge in [-0.3, -0.25) is 4.79 Å². The fourth-order valence-corrected chi connectivity index (χ4v) is 2.10. The van der Waals surface area contributed by atoms with Crippen LogP contribution in [0.2, 0.25) is 0 Å². The average molecular weight is 278 g/mol. The second kappa shape index (κ2) is 8.59. The first-order valence-corrected chi connectivity index (χ1v) is 7.20. The van der Waals surface area contributed by atoms with Crippen LogP contribution in [-0.2, 0) is 4.79 Å². The maximum Gasteiger partial charge on any atom is 0.220 e. The Hall–Kier alpha value is -1.55. The van der Waals surface area contributed by atoms with Crippen molar-refractivity contribution >= 4 is 5.91 Å². The van der Waals surface area contributed by atoms with Crippen LogP contribution >= 0.6 is 0 Å². The molecule has 1 rings (SSSR count). The van der Waals surface area contributed by atoms with Crippen molar-refractivity contribution in [1.29, 1.82) is 0 Å². The average Bonchev–Trinajstić information content (AvgIpc) is 2.45. The Kier molecular flexibility index (Phi) is 7.09. The molecule has 0 aliphatic rings. The molecule has 0 saturated heterocycles. The summed E-state index contributed by atoms with van der Waals surface area (Å²) >= 11 is 0. The van der Waals surface area contributed by atoms with Crippen molar-refractivity contribution in [2.75, 3.05) is 13.7 Å².